The first-order chi connectivity index (χ1) is 13.5. The van der Waals surface area contributed by atoms with E-state index in [9.17, 15) is 14.0 Å². The first kappa shape index (κ1) is 19.4. The Morgan fingerprint density at radius 2 is 1.79 bits per heavy atom. The molecule has 0 aliphatic rings. The molecule has 5 nitrogen and oxygen atoms in total. The fraction of sp³-hybridized carbons (Fsp3) is 0.0476. The van der Waals surface area contributed by atoms with E-state index in [1.807, 2.05) is 0 Å². The maximum atomic E-state index is 13.1. The number of carbonyl (C=O) groups excluding carboxylic acids is 2. The Kier molecular flexibility index (Phi) is 6.24. The average molecular weight is 399 g/mol. The molecule has 2 amide bonds. The van der Waals surface area contributed by atoms with Crippen molar-refractivity contribution < 1.29 is 18.4 Å². The van der Waals surface area contributed by atoms with Crippen molar-refractivity contribution in [1.82, 2.24) is 10.6 Å². The number of furan rings is 1. The Morgan fingerprint density at radius 1 is 1.04 bits per heavy atom. The molecule has 28 heavy (non-hydrogen) atoms. The van der Waals surface area contributed by atoms with Crippen LogP contribution in [0.1, 0.15) is 21.7 Å². The molecule has 0 spiro atoms. The van der Waals surface area contributed by atoms with Gasteiger partial charge in [-0.05, 0) is 48.0 Å². The second kappa shape index (κ2) is 9.01. The second-order valence-corrected chi connectivity index (χ2v) is 6.21. The van der Waals surface area contributed by atoms with Crippen LogP contribution in [0.5, 0.6) is 0 Å². The Balaban J connectivity index is 1.83. The molecule has 3 aromatic rings. The molecule has 1 aromatic heterocycles. The second-order valence-electron chi connectivity index (χ2n) is 5.81. The van der Waals surface area contributed by atoms with Crippen LogP contribution in [0, 0.1) is 5.82 Å². The van der Waals surface area contributed by atoms with Crippen molar-refractivity contribution in [2.45, 2.75) is 6.54 Å². The Hall–Kier alpha value is -3.38. The number of hydrogen-bond acceptors (Lipinski definition) is 3. The van der Waals surface area contributed by atoms with Crippen molar-refractivity contribution in [1.29, 1.82) is 0 Å². The smallest absolute Gasteiger partial charge is 0.268 e. The van der Waals surface area contributed by atoms with E-state index in [-0.39, 0.29) is 22.8 Å². The van der Waals surface area contributed by atoms with Crippen LogP contribution in [0.3, 0.4) is 0 Å². The zero-order valence-electron chi connectivity index (χ0n) is 14.6. The minimum Gasteiger partial charge on any atom is -0.467 e. The molecule has 7 heteroatoms. The summed E-state index contributed by atoms with van der Waals surface area (Å²) >= 11 is 6.05. The lowest BCUT2D eigenvalue weighted by molar-refractivity contribution is -0.118. The maximum absolute atomic E-state index is 13.1. The molecule has 1 heterocycles. The topological polar surface area (TPSA) is 71.3 Å². The molecule has 0 saturated heterocycles. The lowest BCUT2D eigenvalue weighted by Crippen LogP contribution is -2.34. The van der Waals surface area contributed by atoms with Crippen molar-refractivity contribution in [3.8, 4) is 0 Å². The predicted octanol–water partition coefficient (Wildman–Crippen LogP) is 4.16. The number of amides is 2. The minimum absolute atomic E-state index is 0.0110. The molecule has 0 aliphatic heterocycles. The summed E-state index contributed by atoms with van der Waals surface area (Å²) in [4.78, 5) is 25.2. The Bertz CT molecular complexity index is 999. The molecule has 142 valence electrons. The molecule has 0 atom stereocenters. The number of nitrogens with one attached hydrogen (secondary N) is 2. The van der Waals surface area contributed by atoms with Gasteiger partial charge in [-0.15, -0.1) is 0 Å². The largest absolute Gasteiger partial charge is 0.467 e. The summed E-state index contributed by atoms with van der Waals surface area (Å²) in [6.45, 7) is 0.147. The number of halogens is 2. The van der Waals surface area contributed by atoms with Gasteiger partial charge in [-0.25, -0.2) is 4.39 Å². The summed E-state index contributed by atoms with van der Waals surface area (Å²) < 4.78 is 18.3. The van der Waals surface area contributed by atoms with E-state index in [1.54, 1.807) is 36.4 Å². The number of rotatable bonds is 6. The van der Waals surface area contributed by atoms with E-state index < -0.39 is 17.6 Å². The molecular formula is C21H16ClFN2O3. The van der Waals surface area contributed by atoms with Crippen LogP contribution in [0.4, 0.5) is 4.39 Å². The van der Waals surface area contributed by atoms with Crippen LogP contribution in [0.25, 0.3) is 6.08 Å². The minimum atomic E-state index is -0.535. The maximum Gasteiger partial charge on any atom is 0.268 e. The van der Waals surface area contributed by atoms with Gasteiger partial charge in [0.25, 0.3) is 11.8 Å². The van der Waals surface area contributed by atoms with Crippen LogP contribution in [-0.4, -0.2) is 11.8 Å². The first-order valence-electron chi connectivity index (χ1n) is 8.36. The number of hydrogen-bond donors (Lipinski definition) is 2. The van der Waals surface area contributed by atoms with E-state index >= 15 is 0 Å². The van der Waals surface area contributed by atoms with Gasteiger partial charge in [-0.1, -0.05) is 35.9 Å². The zero-order valence-corrected chi connectivity index (χ0v) is 15.4. The zero-order chi connectivity index (χ0) is 19.9. The van der Waals surface area contributed by atoms with Gasteiger partial charge >= 0.3 is 0 Å². The molecule has 3 rings (SSSR count). The van der Waals surface area contributed by atoms with Crippen LogP contribution in [-0.2, 0) is 11.3 Å². The molecule has 0 aliphatic carbocycles. The monoisotopic (exact) mass is 398 g/mol. The highest BCUT2D eigenvalue weighted by molar-refractivity contribution is 6.34. The third-order valence-electron chi connectivity index (χ3n) is 3.80. The Morgan fingerprint density at radius 3 is 2.46 bits per heavy atom. The van der Waals surface area contributed by atoms with E-state index in [2.05, 4.69) is 10.6 Å². The van der Waals surface area contributed by atoms with E-state index in [1.165, 1.54) is 36.6 Å². The normalized spacial score (nSPS) is 11.1. The summed E-state index contributed by atoms with van der Waals surface area (Å²) in [5.74, 6) is -0.902. The molecule has 0 radical (unpaired) electrons. The van der Waals surface area contributed by atoms with Crippen LogP contribution in [0.2, 0.25) is 5.02 Å². The third kappa shape index (κ3) is 5.08. The molecule has 0 bridgehead atoms. The van der Waals surface area contributed by atoms with Gasteiger partial charge in [0, 0.05) is 0 Å². The predicted molar refractivity (Wildman–Crippen MR) is 104 cm³/mol. The van der Waals surface area contributed by atoms with E-state index in [0.29, 0.717) is 11.3 Å². The number of carbonyl (C=O) groups is 2. The van der Waals surface area contributed by atoms with E-state index in [4.69, 9.17) is 16.0 Å². The van der Waals surface area contributed by atoms with Crippen LogP contribution >= 0.6 is 11.6 Å². The quantitative estimate of drug-likeness (QED) is 0.612. The van der Waals surface area contributed by atoms with Gasteiger partial charge in [0.1, 0.15) is 17.3 Å². The average Bonchev–Trinajstić information content (AvgIpc) is 3.21. The highest BCUT2D eigenvalue weighted by Crippen LogP contribution is 2.16. The Labute approximate surface area is 165 Å². The third-order valence-corrected chi connectivity index (χ3v) is 4.13. The first-order valence-corrected chi connectivity index (χ1v) is 8.74. The fourth-order valence-corrected chi connectivity index (χ4v) is 2.62. The van der Waals surface area contributed by atoms with Gasteiger partial charge in [0.2, 0.25) is 0 Å². The highest BCUT2D eigenvalue weighted by atomic mass is 35.5. The number of benzene rings is 2. The van der Waals surface area contributed by atoms with Crippen LogP contribution < -0.4 is 10.6 Å². The summed E-state index contributed by atoms with van der Waals surface area (Å²) in [7, 11) is 0. The van der Waals surface area contributed by atoms with Crippen LogP contribution in [0.15, 0.2) is 77.0 Å². The standard InChI is InChI=1S/C21H16ClFN2O3/c22-18-6-2-1-5-17(18)20(26)25-19(12-14-7-9-15(23)10-8-14)21(27)24-13-16-4-3-11-28-16/h1-12H,13H2,(H,24,27)(H,25,26)/b19-12-. The fourth-order valence-electron chi connectivity index (χ4n) is 2.39. The van der Waals surface area contributed by atoms with Gasteiger partial charge in [-0.3, -0.25) is 9.59 Å². The van der Waals surface area contributed by atoms with Crippen molar-refractivity contribution >= 4 is 29.5 Å². The van der Waals surface area contributed by atoms with Gasteiger partial charge < -0.3 is 15.1 Å². The summed E-state index contributed by atoms with van der Waals surface area (Å²) in [6, 6.07) is 15.4. The molecule has 0 unspecified atom stereocenters. The summed E-state index contributed by atoms with van der Waals surface area (Å²) in [6.07, 6.45) is 2.95. The van der Waals surface area contributed by atoms with Crippen molar-refractivity contribution in [3.05, 3.63) is 100 Å². The van der Waals surface area contributed by atoms with Crippen molar-refractivity contribution in [2.24, 2.45) is 0 Å². The summed E-state index contributed by atoms with van der Waals surface area (Å²) in [5, 5.41) is 5.50. The SMILES string of the molecule is O=C(NCc1ccco1)/C(=C/c1ccc(F)cc1)NC(=O)c1ccccc1Cl. The highest BCUT2D eigenvalue weighted by Gasteiger charge is 2.16. The lowest BCUT2D eigenvalue weighted by atomic mass is 10.1. The molecule has 2 aromatic carbocycles. The van der Waals surface area contributed by atoms with Gasteiger partial charge in [0.15, 0.2) is 0 Å². The van der Waals surface area contributed by atoms with Gasteiger partial charge in [0.05, 0.1) is 23.4 Å². The van der Waals surface area contributed by atoms with Gasteiger partial charge in [-0.2, -0.15) is 0 Å². The molecular weight excluding hydrogens is 383 g/mol. The molecule has 0 saturated carbocycles. The molecule has 2 N–H and O–H groups in total. The van der Waals surface area contributed by atoms with Crippen molar-refractivity contribution in [3.63, 3.8) is 0 Å². The lowest BCUT2D eigenvalue weighted by Gasteiger charge is -2.11. The van der Waals surface area contributed by atoms with Crippen molar-refractivity contribution in [2.75, 3.05) is 0 Å². The summed E-state index contributed by atoms with van der Waals surface area (Å²) in [5.41, 5.74) is 0.764. The molecule has 0 fully saturated rings. The van der Waals surface area contributed by atoms with E-state index in [0.717, 1.165) is 0 Å².